The van der Waals surface area contributed by atoms with Crippen molar-refractivity contribution in [3.05, 3.63) is 77.7 Å². The van der Waals surface area contributed by atoms with Crippen molar-refractivity contribution in [2.75, 3.05) is 7.11 Å². The number of hydrogen-bond donors (Lipinski definition) is 0. The molecule has 5 heteroatoms. The van der Waals surface area contributed by atoms with Crippen molar-refractivity contribution in [2.24, 2.45) is 0 Å². The number of ether oxygens (including phenoxy) is 1. The molecular formula is C24H22N4O. The largest absolute Gasteiger partial charge is 0.494 e. The van der Waals surface area contributed by atoms with Gasteiger partial charge < -0.3 is 9.30 Å². The Morgan fingerprint density at radius 3 is 2.55 bits per heavy atom. The molecule has 0 aliphatic heterocycles. The van der Waals surface area contributed by atoms with Crippen LogP contribution in [-0.2, 0) is 13.0 Å². The summed E-state index contributed by atoms with van der Waals surface area (Å²) in [5.41, 5.74) is 5.39. The summed E-state index contributed by atoms with van der Waals surface area (Å²) in [6.07, 6.45) is 3.60. The van der Waals surface area contributed by atoms with Crippen molar-refractivity contribution in [3.63, 3.8) is 0 Å². The Hall–Kier alpha value is -3.65. The van der Waals surface area contributed by atoms with Crippen molar-refractivity contribution in [1.82, 2.24) is 14.5 Å². The monoisotopic (exact) mass is 382 g/mol. The summed E-state index contributed by atoms with van der Waals surface area (Å²) >= 11 is 0. The summed E-state index contributed by atoms with van der Waals surface area (Å²) in [5, 5.41) is 9.55. The number of imidazole rings is 1. The van der Waals surface area contributed by atoms with E-state index in [2.05, 4.69) is 34.7 Å². The highest BCUT2D eigenvalue weighted by atomic mass is 16.5. The molecule has 0 saturated heterocycles. The fourth-order valence-electron chi connectivity index (χ4n) is 3.69. The third-order valence-electron chi connectivity index (χ3n) is 5.05. The van der Waals surface area contributed by atoms with Crippen LogP contribution in [0.25, 0.3) is 22.3 Å². The number of aromatic nitrogens is 3. The van der Waals surface area contributed by atoms with Crippen molar-refractivity contribution < 1.29 is 4.74 Å². The quantitative estimate of drug-likeness (QED) is 0.472. The first kappa shape index (κ1) is 18.7. The van der Waals surface area contributed by atoms with Crippen molar-refractivity contribution in [1.29, 1.82) is 5.26 Å². The Morgan fingerprint density at radius 1 is 1.03 bits per heavy atom. The minimum atomic E-state index is 0.627. The van der Waals surface area contributed by atoms with E-state index in [1.807, 2.05) is 42.5 Å². The number of hydrogen-bond acceptors (Lipinski definition) is 4. The van der Waals surface area contributed by atoms with Crippen LogP contribution in [0.3, 0.4) is 0 Å². The summed E-state index contributed by atoms with van der Waals surface area (Å²) in [7, 11) is 1.65. The lowest BCUT2D eigenvalue weighted by molar-refractivity contribution is 0.418. The van der Waals surface area contributed by atoms with Crippen molar-refractivity contribution in [3.8, 4) is 22.9 Å². The normalized spacial score (nSPS) is 10.8. The first-order chi connectivity index (χ1) is 14.3. The Morgan fingerprint density at radius 2 is 1.79 bits per heavy atom. The third-order valence-corrected chi connectivity index (χ3v) is 5.05. The van der Waals surface area contributed by atoms with Crippen LogP contribution in [0.1, 0.15) is 30.3 Å². The van der Waals surface area contributed by atoms with E-state index in [9.17, 15) is 5.26 Å². The third kappa shape index (κ3) is 3.45. The second-order valence-electron chi connectivity index (χ2n) is 6.86. The summed E-state index contributed by atoms with van der Waals surface area (Å²) < 4.78 is 7.66. The van der Waals surface area contributed by atoms with E-state index in [0.717, 1.165) is 52.3 Å². The molecule has 29 heavy (non-hydrogen) atoms. The van der Waals surface area contributed by atoms with Gasteiger partial charge in [0.05, 0.1) is 25.3 Å². The summed E-state index contributed by atoms with van der Waals surface area (Å²) in [6.45, 7) is 2.77. The van der Waals surface area contributed by atoms with Crippen LogP contribution < -0.4 is 4.74 Å². The van der Waals surface area contributed by atoms with Crippen LogP contribution in [0.15, 0.2) is 60.8 Å². The average Bonchev–Trinajstić information content (AvgIpc) is 3.11. The Kier molecular flexibility index (Phi) is 5.26. The average molecular weight is 382 g/mol. The maximum Gasteiger partial charge on any atom is 0.164 e. The minimum Gasteiger partial charge on any atom is -0.494 e. The molecule has 4 aromatic rings. The highest BCUT2D eigenvalue weighted by Gasteiger charge is 2.17. The molecule has 144 valence electrons. The highest BCUT2D eigenvalue weighted by molar-refractivity contribution is 5.79. The molecule has 0 atom stereocenters. The van der Waals surface area contributed by atoms with Crippen LogP contribution in [0, 0.1) is 11.3 Å². The van der Waals surface area contributed by atoms with E-state index in [0.29, 0.717) is 12.1 Å². The van der Waals surface area contributed by atoms with E-state index in [1.54, 1.807) is 13.3 Å². The lowest BCUT2D eigenvalue weighted by Gasteiger charge is -2.14. The molecular weight excluding hydrogens is 360 g/mol. The second kappa shape index (κ2) is 8.15. The van der Waals surface area contributed by atoms with Crippen molar-refractivity contribution in [2.45, 2.75) is 26.3 Å². The van der Waals surface area contributed by atoms with Gasteiger partial charge in [-0.05, 0) is 29.2 Å². The number of fused-ring (bicyclic) bond motifs is 1. The van der Waals surface area contributed by atoms with Gasteiger partial charge in [-0.3, -0.25) is 0 Å². The van der Waals surface area contributed by atoms with E-state index in [1.165, 1.54) is 0 Å². The lowest BCUT2D eigenvalue weighted by atomic mass is 9.96. The van der Waals surface area contributed by atoms with E-state index in [-0.39, 0.29) is 0 Å². The van der Waals surface area contributed by atoms with Gasteiger partial charge in [-0.25, -0.2) is 9.97 Å². The maximum absolute atomic E-state index is 9.55. The number of pyridine rings is 1. The number of nitrogens with zero attached hydrogens (tertiary/aromatic N) is 4. The summed E-state index contributed by atoms with van der Waals surface area (Å²) in [5.74, 6) is 1.72. The molecule has 0 unspecified atom stereocenters. The predicted octanol–water partition coefficient (Wildman–Crippen LogP) is 4.98. The van der Waals surface area contributed by atoms with Gasteiger partial charge in [0.25, 0.3) is 0 Å². The van der Waals surface area contributed by atoms with Crippen LogP contribution in [0.4, 0.5) is 0 Å². The van der Waals surface area contributed by atoms with Crippen LogP contribution in [0.2, 0.25) is 0 Å². The number of rotatable bonds is 6. The Bertz CT molecular complexity index is 1200. The van der Waals surface area contributed by atoms with Gasteiger partial charge >= 0.3 is 0 Å². The fourth-order valence-corrected chi connectivity index (χ4v) is 3.69. The molecule has 2 heterocycles. The standard InChI is InChI=1S/C24H22N4O/c1-3-8-22-27-23-21(29-2)13-14-26-24(23)28(22)16-18-10-5-7-12-20(18)19-11-6-4-9-17(19)15-25/h4-7,9-14H,3,8,16H2,1-2H3. The van der Waals surface area contributed by atoms with Gasteiger partial charge in [0.1, 0.15) is 17.1 Å². The van der Waals surface area contributed by atoms with Crippen LogP contribution in [0.5, 0.6) is 5.75 Å². The maximum atomic E-state index is 9.55. The van der Waals surface area contributed by atoms with Gasteiger partial charge in [-0.15, -0.1) is 0 Å². The smallest absolute Gasteiger partial charge is 0.164 e. The summed E-state index contributed by atoms with van der Waals surface area (Å²) in [4.78, 5) is 9.42. The number of nitriles is 1. The molecule has 0 fully saturated rings. The second-order valence-corrected chi connectivity index (χ2v) is 6.86. The van der Waals surface area contributed by atoms with Gasteiger partial charge in [0.2, 0.25) is 0 Å². The molecule has 0 saturated carbocycles. The SMILES string of the molecule is CCCc1nc2c(OC)ccnc2n1Cc1ccccc1-c1ccccc1C#N. The van der Waals surface area contributed by atoms with Crippen molar-refractivity contribution >= 4 is 11.2 Å². The van der Waals surface area contributed by atoms with Crippen LogP contribution >= 0.6 is 0 Å². The van der Waals surface area contributed by atoms with Crippen LogP contribution in [-0.4, -0.2) is 21.6 Å². The molecule has 4 rings (SSSR count). The summed E-state index contributed by atoms with van der Waals surface area (Å²) in [6, 6.07) is 20.1. The number of methoxy groups -OCH3 is 1. The molecule has 0 spiro atoms. The lowest BCUT2D eigenvalue weighted by Crippen LogP contribution is -2.07. The highest BCUT2D eigenvalue weighted by Crippen LogP contribution is 2.30. The minimum absolute atomic E-state index is 0.627. The zero-order valence-corrected chi connectivity index (χ0v) is 16.6. The molecule has 5 nitrogen and oxygen atoms in total. The number of benzene rings is 2. The molecule has 2 aromatic carbocycles. The van der Waals surface area contributed by atoms with E-state index in [4.69, 9.17) is 9.72 Å². The zero-order valence-electron chi connectivity index (χ0n) is 16.6. The van der Waals surface area contributed by atoms with Gasteiger partial charge in [0, 0.05) is 18.7 Å². The molecule has 2 aromatic heterocycles. The first-order valence-corrected chi connectivity index (χ1v) is 9.72. The van der Waals surface area contributed by atoms with Gasteiger partial charge in [-0.2, -0.15) is 5.26 Å². The van der Waals surface area contributed by atoms with Gasteiger partial charge in [-0.1, -0.05) is 49.4 Å². The van der Waals surface area contributed by atoms with Gasteiger partial charge in [0.15, 0.2) is 5.65 Å². The first-order valence-electron chi connectivity index (χ1n) is 9.72. The zero-order chi connectivity index (χ0) is 20.2. The molecule has 0 N–H and O–H groups in total. The Balaban J connectivity index is 1.87. The molecule has 0 bridgehead atoms. The molecule has 0 amide bonds. The molecule has 0 aliphatic carbocycles. The molecule has 0 radical (unpaired) electrons. The molecule has 0 aliphatic rings. The van der Waals surface area contributed by atoms with E-state index < -0.39 is 0 Å². The fraction of sp³-hybridized carbons (Fsp3) is 0.208. The predicted molar refractivity (Wildman–Crippen MR) is 114 cm³/mol. The Labute approximate surface area is 170 Å². The van der Waals surface area contributed by atoms with E-state index >= 15 is 0 Å². The topological polar surface area (TPSA) is 63.7 Å². The number of aryl methyl sites for hydroxylation is 1.